The summed E-state index contributed by atoms with van der Waals surface area (Å²) in [6.45, 7) is 15.0. The van der Waals surface area contributed by atoms with Gasteiger partial charge in [0.15, 0.2) is 0 Å². The highest BCUT2D eigenvalue weighted by Crippen LogP contribution is 2.47. The largest absolute Gasteiger partial charge is 0.312 e. The molecule has 0 aliphatic heterocycles. The topological polar surface area (TPSA) is 15.3 Å². The van der Waals surface area contributed by atoms with Crippen LogP contribution in [0.3, 0.4) is 0 Å². The van der Waals surface area contributed by atoms with Crippen molar-refractivity contribution in [2.24, 2.45) is 11.8 Å². The maximum Gasteiger partial charge on any atom is 0.0617 e. The molecule has 0 amide bonds. The normalized spacial score (nSPS) is 30.0. The molecule has 1 aliphatic carbocycles. The Labute approximate surface area is 160 Å². The molecule has 0 spiro atoms. The Kier molecular flexibility index (Phi) is 7.79. The van der Waals surface area contributed by atoms with Crippen LogP contribution in [0.1, 0.15) is 65.9 Å². The fourth-order valence-electron chi connectivity index (χ4n) is 4.85. The van der Waals surface area contributed by atoms with Crippen molar-refractivity contribution < 1.29 is 0 Å². The van der Waals surface area contributed by atoms with Crippen molar-refractivity contribution in [2.45, 2.75) is 71.9 Å². The zero-order chi connectivity index (χ0) is 18.4. The maximum absolute atomic E-state index is 6.22. The second kappa shape index (κ2) is 9.39. The average molecular weight is 365 g/mol. The van der Waals surface area contributed by atoms with Crippen LogP contribution in [0.2, 0.25) is 5.02 Å². The quantitative estimate of drug-likeness (QED) is 0.636. The van der Waals surface area contributed by atoms with E-state index in [1.807, 2.05) is 0 Å². The highest BCUT2D eigenvalue weighted by molar-refractivity contribution is 6.30. The first-order valence-electron chi connectivity index (χ1n) is 10.3. The summed E-state index contributed by atoms with van der Waals surface area (Å²) in [5, 5.41) is 4.72. The van der Waals surface area contributed by atoms with E-state index in [1.165, 1.54) is 31.2 Å². The second-order valence-electron chi connectivity index (χ2n) is 7.83. The fourth-order valence-corrected chi connectivity index (χ4v) is 4.98. The molecular weight excluding hydrogens is 328 g/mol. The lowest BCUT2D eigenvalue weighted by atomic mass is 9.63. The molecule has 1 aromatic carbocycles. The Bertz CT molecular complexity index is 509. The number of nitrogens with zero attached hydrogens (tertiary/aromatic N) is 1. The molecule has 25 heavy (non-hydrogen) atoms. The summed E-state index contributed by atoms with van der Waals surface area (Å²) >= 11 is 6.22. The highest BCUT2D eigenvalue weighted by atomic mass is 35.5. The van der Waals surface area contributed by atoms with Crippen molar-refractivity contribution in [1.82, 2.24) is 10.2 Å². The molecule has 1 saturated carbocycles. The maximum atomic E-state index is 6.22. The van der Waals surface area contributed by atoms with E-state index in [0.717, 1.165) is 30.6 Å². The van der Waals surface area contributed by atoms with Crippen LogP contribution < -0.4 is 5.32 Å². The van der Waals surface area contributed by atoms with Crippen molar-refractivity contribution in [1.29, 1.82) is 0 Å². The Hall–Kier alpha value is -0.570. The van der Waals surface area contributed by atoms with Crippen molar-refractivity contribution in [3.05, 3.63) is 34.9 Å². The number of nitrogens with one attached hydrogen (secondary N) is 1. The van der Waals surface area contributed by atoms with Gasteiger partial charge in [-0.15, -0.1) is 0 Å². The summed E-state index contributed by atoms with van der Waals surface area (Å²) in [6, 6.07) is 9.16. The van der Waals surface area contributed by atoms with Gasteiger partial charge in [0.25, 0.3) is 0 Å². The van der Waals surface area contributed by atoms with Gasteiger partial charge in [0.1, 0.15) is 0 Å². The van der Waals surface area contributed by atoms with Crippen LogP contribution in [-0.4, -0.2) is 30.6 Å². The molecule has 0 heterocycles. The molecule has 1 fully saturated rings. The van der Waals surface area contributed by atoms with Crippen molar-refractivity contribution in [3.8, 4) is 0 Å². The van der Waals surface area contributed by atoms with Gasteiger partial charge in [-0.05, 0) is 74.8 Å². The Morgan fingerprint density at radius 2 is 1.68 bits per heavy atom. The van der Waals surface area contributed by atoms with E-state index < -0.39 is 0 Å². The van der Waals surface area contributed by atoms with Gasteiger partial charge >= 0.3 is 0 Å². The minimum absolute atomic E-state index is 0.0680. The SMILES string of the molecule is CCCN(CCC)C1(c2ccc(Cl)cc2)CCC(C)C(C)C1NCC. The molecule has 2 rings (SSSR count). The fraction of sp³-hybridized carbons (Fsp3) is 0.727. The highest BCUT2D eigenvalue weighted by Gasteiger charge is 2.50. The van der Waals surface area contributed by atoms with Crippen molar-refractivity contribution in [3.63, 3.8) is 0 Å². The van der Waals surface area contributed by atoms with E-state index in [2.05, 4.69) is 69.1 Å². The first-order chi connectivity index (χ1) is 12.0. The van der Waals surface area contributed by atoms with Gasteiger partial charge < -0.3 is 5.32 Å². The van der Waals surface area contributed by atoms with Gasteiger partial charge in [0, 0.05) is 11.1 Å². The number of likely N-dealkylation sites (N-methyl/N-ethyl adjacent to an activating group) is 1. The predicted molar refractivity (Wildman–Crippen MR) is 110 cm³/mol. The lowest BCUT2D eigenvalue weighted by Crippen LogP contribution is -2.64. The molecule has 2 nitrogen and oxygen atoms in total. The van der Waals surface area contributed by atoms with Crippen LogP contribution in [-0.2, 0) is 5.54 Å². The van der Waals surface area contributed by atoms with E-state index in [4.69, 9.17) is 11.6 Å². The summed E-state index contributed by atoms with van der Waals surface area (Å²) < 4.78 is 0. The predicted octanol–water partition coefficient (Wildman–Crippen LogP) is 5.70. The van der Waals surface area contributed by atoms with Crippen molar-refractivity contribution >= 4 is 11.6 Å². The van der Waals surface area contributed by atoms with E-state index in [9.17, 15) is 0 Å². The molecule has 0 saturated heterocycles. The van der Waals surface area contributed by atoms with E-state index in [0.29, 0.717) is 12.0 Å². The van der Waals surface area contributed by atoms with Crippen LogP contribution in [0.4, 0.5) is 0 Å². The lowest BCUT2D eigenvalue weighted by molar-refractivity contribution is -0.0243. The third-order valence-electron chi connectivity index (χ3n) is 6.24. The van der Waals surface area contributed by atoms with Crippen molar-refractivity contribution in [2.75, 3.05) is 19.6 Å². The van der Waals surface area contributed by atoms with Crippen LogP contribution >= 0.6 is 11.6 Å². The molecule has 4 unspecified atom stereocenters. The van der Waals surface area contributed by atoms with Crippen LogP contribution in [0.5, 0.6) is 0 Å². The number of benzene rings is 1. The lowest BCUT2D eigenvalue weighted by Gasteiger charge is -2.56. The smallest absolute Gasteiger partial charge is 0.0617 e. The zero-order valence-electron chi connectivity index (χ0n) is 16.8. The molecule has 1 N–H and O–H groups in total. The van der Waals surface area contributed by atoms with Crippen LogP contribution in [0, 0.1) is 11.8 Å². The first-order valence-corrected chi connectivity index (χ1v) is 10.6. The van der Waals surface area contributed by atoms with Gasteiger partial charge in [0.2, 0.25) is 0 Å². The molecule has 3 heteroatoms. The van der Waals surface area contributed by atoms with Gasteiger partial charge in [-0.25, -0.2) is 0 Å². The van der Waals surface area contributed by atoms with Gasteiger partial charge in [-0.2, -0.15) is 0 Å². The summed E-state index contributed by atoms with van der Waals surface area (Å²) in [7, 11) is 0. The third kappa shape index (κ3) is 4.23. The number of halogens is 1. The number of hydrogen-bond acceptors (Lipinski definition) is 2. The first kappa shape index (κ1) is 20.7. The molecular formula is C22H37ClN2. The summed E-state index contributed by atoms with van der Waals surface area (Å²) in [5.41, 5.74) is 1.50. The van der Waals surface area contributed by atoms with Crippen LogP contribution in [0.15, 0.2) is 24.3 Å². The second-order valence-corrected chi connectivity index (χ2v) is 8.27. The Balaban J connectivity index is 2.58. The summed E-state index contributed by atoms with van der Waals surface area (Å²) in [5.74, 6) is 1.41. The summed E-state index contributed by atoms with van der Waals surface area (Å²) in [4.78, 5) is 2.77. The van der Waals surface area contributed by atoms with Gasteiger partial charge in [0.05, 0.1) is 5.54 Å². The van der Waals surface area contributed by atoms with E-state index in [-0.39, 0.29) is 5.54 Å². The number of rotatable bonds is 8. The van der Waals surface area contributed by atoms with Crippen LogP contribution in [0.25, 0.3) is 0 Å². The zero-order valence-corrected chi connectivity index (χ0v) is 17.6. The average Bonchev–Trinajstić information content (AvgIpc) is 2.60. The molecule has 1 aromatic rings. The molecule has 4 atom stereocenters. The Morgan fingerprint density at radius 3 is 2.20 bits per heavy atom. The minimum atomic E-state index is 0.0680. The molecule has 0 radical (unpaired) electrons. The van der Waals surface area contributed by atoms with E-state index in [1.54, 1.807) is 0 Å². The monoisotopic (exact) mass is 364 g/mol. The van der Waals surface area contributed by atoms with E-state index >= 15 is 0 Å². The molecule has 1 aliphatic rings. The number of hydrogen-bond donors (Lipinski definition) is 1. The summed E-state index contributed by atoms with van der Waals surface area (Å²) in [6.07, 6.45) is 4.89. The third-order valence-corrected chi connectivity index (χ3v) is 6.49. The molecule has 0 bridgehead atoms. The standard InChI is InChI=1S/C22H37ClN2/c1-6-15-25(16-7-2)22(19-9-11-20(23)12-10-19)14-13-17(4)18(5)21(22)24-8-3/h9-12,17-18,21,24H,6-8,13-16H2,1-5H3. The minimum Gasteiger partial charge on any atom is -0.312 e. The molecule has 0 aromatic heterocycles. The Morgan fingerprint density at radius 1 is 1.08 bits per heavy atom. The van der Waals surface area contributed by atoms with Gasteiger partial charge in [-0.3, -0.25) is 4.90 Å². The molecule has 142 valence electrons. The van der Waals surface area contributed by atoms with Gasteiger partial charge in [-0.1, -0.05) is 58.4 Å².